The van der Waals surface area contributed by atoms with Gasteiger partial charge in [-0.15, -0.1) is 5.10 Å². The smallest absolute Gasteiger partial charge is 0.320 e. The number of halogens is 1. The Bertz CT molecular complexity index is 497. The molecular formula is C10H11BrN4O. The molecule has 1 aromatic heterocycles. The second kappa shape index (κ2) is 4.63. The third kappa shape index (κ3) is 2.23. The van der Waals surface area contributed by atoms with E-state index in [-0.39, 0.29) is 6.54 Å². The van der Waals surface area contributed by atoms with Crippen LogP contribution in [0.3, 0.4) is 0 Å². The van der Waals surface area contributed by atoms with Crippen LogP contribution in [-0.2, 0) is 6.54 Å². The zero-order valence-corrected chi connectivity index (χ0v) is 10.3. The molecule has 6 heteroatoms. The number of hydrogen-bond donors (Lipinski definition) is 2. The predicted molar refractivity (Wildman–Crippen MR) is 64.4 cm³/mol. The molecule has 0 saturated carbocycles. The molecule has 0 radical (unpaired) electrons. The summed E-state index contributed by atoms with van der Waals surface area (Å²) in [5.74, 6) is 0.412. The second-order valence-electron chi connectivity index (χ2n) is 3.24. The number of aromatic nitrogens is 2. The SMILES string of the molecule is Cc1c(Br)cccc1Nc1nnc(CN)o1. The minimum atomic E-state index is 0.242. The van der Waals surface area contributed by atoms with Crippen LogP contribution in [0.4, 0.5) is 11.7 Å². The molecule has 84 valence electrons. The molecule has 2 rings (SSSR count). The number of nitrogens with one attached hydrogen (secondary N) is 1. The van der Waals surface area contributed by atoms with Crippen molar-refractivity contribution in [3.05, 3.63) is 34.1 Å². The van der Waals surface area contributed by atoms with Crippen LogP contribution < -0.4 is 11.1 Å². The van der Waals surface area contributed by atoms with Gasteiger partial charge in [0.2, 0.25) is 5.89 Å². The molecule has 0 saturated heterocycles. The van der Waals surface area contributed by atoms with E-state index in [0.29, 0.717) is 11.9 Å². The molecule has 0 fully saturated rings. The fourth-order valence-corrected chi connectivity index (χ4v) is 1.61. The lowest BCUT2D eigenvalue weighted by molar-refractivity contribution is 0.511. The maximum Gasteiger partial charge on any atom is 0.320 e. The Morgan fingerprint density at radius 3 is 2.94 bits per heavy atom. The molecule has 0 atom stereocenters. The van der Waals surface area contributed by atoms with Crippen LogP contribution in [0, 0.1) is 6.92 Å². The number of rotatable bonds is 3. The zero-order chi connectivity index (χ0) is 11.5. The minimum Gasteiger partial charge on any atom is -0.406 e. The Hall–Kier alpha value is -1.40. The highest BCUT2D eigenvalue weighted by Crippen LogP contribution is 2.25. The zero-order valence-electron chi connectivity index (χ0n) is 8.70. The van der Waals surface area contributed by atoms with Crippen LogP contribution >= 0.6 is 15.9 Å². The lowest BCUT2D eigenvalue weighted by atomic mass is 10.2. The molecular weight excluding hydrogens is 272 g/mol. The van der Waals surface area contributed by atoms with Gasteiger partial charge in [0, 0.05) is 10.2 Å². The Labute approximate surface area is 101 Å². The van der Waals surface area contributed by atoms with Crippen LogP contribution in [0.2, 0.25) is 0 Å². The molecule has 0 bridgehead atoms. The van der Waals surface area contributed by atoms with Gasteiger partial charge in [0.1, 0.15) is 0 Å². The van der Waals surface area contributed by atoms with E-state index in [4.69, 9.17) is 10.2 Å². The van der Waals surface area contributed by atoms with Crippen LogP contribution in [0.5, 0.6) is 0 Å². The van der Waals surface area contributed by atoms with E-state index < -0.39 is 0 Å². The fraction of sp³-hybridized carbons (Fsp3) is 0.200. The monoisotopic (exact) mass is 282 g/mol. The van der Waals surface area contributed by atoms with Gasteiger partial charge in [-0.05, 0) is 24.6 Å². The van der Waals surface area contributed by atoms with Crippen molar-refractivity contribution in [2.24, 2.45) is 5.73 Å². The minimum absolute atomic E-state index is 0.242. The summed E-state index contributed by atoms with van der Waals surface area (Å²) in [7, 11) is 0. The van der Waals surface area contributed by atoms with Crippen molar-refractivity contribution < 1.29 is 4.42 Å². The molecule has 0 aliphatic rings. The van der Waals surface area contributed by atoms with E-state index in [1.807, 2.05) is 25.1 Å². The van der Waals surface area contributed by atoms with Crippen molar-refractivity contribution in [3.63, 3.8) is 0 Å². The molecule has 0 spiro atoms. The molecule has 0 unspecified atom stereocenters. The molecule has 16 heavy (non-hydrogen) atoms. The highest BCUT2D eigenvalue weighted by molar-refractivity contribution is 9.10. The standard InChI is InChI=1S/C10H11BrN4O/c1-6-7(11)3-2-4-8(6)13-10-15-14-9(5-12)16-10/h2-4H,5,12H2,1H3,(H,13,15). The highest BCUT2D eigenvalue weighted by Gasteiger charge is 2.07. The average molecular weight is 283 g/mol. The van der Waals surface area contributed by atoms with E-state index >= 15 is 0 Å². The summed E-state index contributed by atoms with van der Waals surface area (Å²) >= 11 is 3.45. The summed E-state index contributed by atoms with van der Waals surface area (Å²) in [6.45, 7) is 2.23. The number of nitrogens with two attached hydrogens (primary N) is 1. The van der Waals surface area contributed by atoms with Crippen LogP contribution in [-0.4, -0.2) is 10.2 Å². The van der Waals surface area contributed by atoms with Crippen LogP contribution in [0.25, 0.3) is 0 Å². The van der Waals surface area contributed by atoms with Gasteiger partial charge in [-0.2, -0.15) is 0 Å². The van der Waals surface area contributed by atoms with Crippen molar-refractivity contribution in [2.45, 2.75) is 13.5 Å². The first-order valence-corrected chi connectivity index (χ1v) is 5.54. The largest absolute Gasteiger partial charge is 0.406 e. The maximum absolute atomic E-state index is 5.38. The molecule has 1 heterocycles. The maximum atomic E-state index is 5.38. The first kappa shape index (κ1) is 11.1. The predicted octanol–water partition coefficient (Wildman–Crippen LogP) is 2.34. The lowest BCUT2D eigenvalue weighted by Crippen LogP contribution is -1.95. The van der Waals surface area contributed by atoms with Crippen molar-refractivity contribution >= 4 is 27.6 Å². The van der Waals surface area contributed by atoms with Gasteiger partial charge in [-0.25, -0.2) is 0 Å². The Balaban J connectivity index is 2.23. The summed E-state index contributed by atoms with van der Waals surface area (Å²) in [5.41, 5.74) is 7.38. The number of hydrogen-bond acceptors (Lipinski definition) is 5. The van der Waals surface area contributed by atoms with E-state index in [9.17, 15) is 0 Å². The van der Waals surface area contributed by atoms with Gasteiger partial charge in [-0.3, -0.25) is 0 Å². The van der Waals surface area contributed by atoms with Gasteiger partial charge < -0.3 is 15.5 Å². The summed E-state index contributed by atoms with van der Waals surface area (Å²) in [5, 5.41) is 10.6. The summed E-state index contributed by atoms with van der Waals surface area (Å²) in [6.07, 6.45) is 0. The van der Waals surface area contributed by atoms with Crippen molar-refractivity contribution in [2.75, 3.05) is 5.32 Å². The van der Waals surface area contributed by atoms with E-state index in [2.05, 4.69) is 31.4 Å². The molecule has 2 aromatic rings. The van der Waals surface area contributed by atoms with Crippen molar-refractivity contribution in [1.29, 1.82) is 0 Å². The Morgan fingerprint density at radius 2 is 2.25 bits per heavy atom. The molecule has 0 aliphatic heterocycles. The fourth-order valence-electron chi connectivity index (χ4n) is 1.24. The molecule has 3 N–H and O–H groups in total. The second-order valence-corrected chi connectivity index (χ2v) is 4.10. The number of nitrogens with zero attached hydrogens (tertiary/aromatic N) is 2. The van der Waals surface area contributed by atoms with Crippen LogP contribution in [0.15, 0.2) is 27.1 Å². The van der Waals surface area contributed by atoms with E-state index in [0.717, 1.165) is 15.7 Å². The molecule has 0 amide bonds. The van der Waals surface area contributed by atoms with Gasteiger partial charge >= 0.3 is 6.01 Å². The summed E-state index contributed by atoms with van der Waals surface area (Å²) < 4.78 is 6.28. The quantitative estimate of drug-likeness (QED) is 0.904. The lowest BCUT2D eigenvalue weighted by Gasteiger charge is -2.06. The Kier molecular flexibility index (Phi) is 3.21. The first-order chi connectivity index (χ1) is 7.70. The van der Waals surface area contributed by atoms with Gasteiger partial charge in [0.25, 0.3) is 0 Å². The van der Waals surface area contributed by atoms with E-state index in [1.54, 1.807) is 0 Å². The average Bonchev–Trinajstić information content (AvgIpc) is 2.73. The van der Waals surface area contributed by atoms with Gasteiger partial charge in [0.05, 0.1) is 6.54 Å². The van der Waals surface area contributed by atoms with Crippen molar-refractivity contribution in [1.82, 2.24) is 10.2 Å². The third-order valence-corrected chi connectivity index (χ3v) is 3.01. The highest BCUT2D eigenvalue weighted by atomic mass is 79.9. The van der Waals surface area contributed by atoms with Crippen molar-refractivity contribution in [3.8, 4) is 0 Å². The van der Waals surface area contributed by atoms with Crippen LogP contribution in [0.1, 0.15) is 11.5 Å². The summed E-state index contributed by atoms with van der Waals surface area (Å²) in [6, 6.07) is 6.19. The van der Waals surface area contributed by atoms with E-state index in [1.165, 1.54) is 0 Å². The van der Waals surface area contributed by atoms with Gasteiger partial charge in [0.15, 0.2) is 0 Å². The number of anilines is 2. The summed E-state index contributed by atoms with van der Waals surface area (Å²) in [4.78, 5) is 0. The topological polar surface area (TPSA) is 77.0 Å². The molecule has 5 nitrogen and oxygen atoms in total. The molecule has 1 aromatic carbocycles. The Morgan fingerprint density at radius 1 is 1.44 bits per heavy atom. The molecule has 0 aliphatic carbocycles. The third-order valence-electron chi connectivity index (χ3n) is 2.15. The first-order valence-electron chi connectivity index (χ1n) is 4.75. The van der Waals surface area contributed by atoms with Gasteiger partial charge in [-0.1, -0.05) is 27.1 Å². The number of benzene rings is 1. The normalized spacial score (nSPS) is 10.4.